The van der Waals surface area contributed by atoms with Crippen LogP contribution in [0.15, 0.2) is 12.5 Å². The van der Waals surface area contributed by atoms with E-state index in [9.17, 15) is 0 Å². The highest BCUT2D eigenvalue weighted by molar-refractivity contribution is 4.98. The Morgan fingerprint density at radius 3 is 3.08 bits per heavy atom. The maximum atomic E-state index is 8.50. The lowest BCUT2D eigenvalue weighted by molar-refractivity contribution is 0.616. The van der Waals surface area contributed by atoms with E-state index < -0.39 is 0 Å². The molecule has 1 aromatic heterocycles. The molecule has 0 radical (unpaired) electrons. The molecule has 64 valence electrons. The van der Waals surface area contributed by atoms with Crippen molar-refractivity contribution in [1.29, 1.82) is 5.26 Å². The summed E-state index contributed by atoms with van der Waals surface area (Å²) >= 11 is 0. The second-order valence-electron chi connectivity index (χ2n) is 2.73. The van der Waals surface area contributed by atoms with Gasteiger partial charge in [-0.1, -0.05) is 0 Å². The Kier molecular flexibility index (Phi) is 2.83. The quantitative estimate of drug-likeness (QED) is 0.704. The van der Waals surface area contributed by atoms with Gasteiger partial charge in [-0.05, 0) is 6.92 Å². The predicted octanol–water partition coefficient (Wildman–Crippen LogP) is 0.422. The Hall–Kier alpha value is -1.34. The zero-order valence-electron chi connectivity index (χ0n) is 7.28. The molecule has 1 atom stereocenters. The molecule has 1 aromatic rings. The van der Waals surface area contributed by atoms with Crippen LogP contribution in [-0.2, 0) is 13.6 Å². The van der Waals surface area contributed by atoms with Gasteiger partial charge in [0.15, 0.2) is 0 Å². The maximum absolute atomic E-state index is 8.50. The number of hydrogen-bond donors (Lipinski definition) is 1. The third-order valence-corrected chi connectivity index (χ3v) is 1.70. The molecule has 4 heteroatoms. The summed E-state index contributed by atoms with van der Waals surface area (Å²) < 4.78 is 1.93. The lowest BCUT2D eigenvalue weighted by Crippen LogP contribution is -2.24. The van der Waals surface area contributed by atoms with E-state index >= 15 is 0 Å². The minimum absolute atomic E-state index is 0.111. The average molecular weight is 164 g/mol. The smallest absolute Gasteiger partial charge is 0.0945 e. The van der Waals surface area contributed by atoms with Crippen LogP contribution < -0.4 is 5.32 Å². The molecule has 0 aliphatic carbocycles. The van der Waals surface area contributed by atoms with Gasteiger partial charge in [0.05, 0.1) is 24.1 Å². The molecule has 0 aliphatic heterocycles. The Morgan fingerprint density at radius 2 is 2.58 bits per heavy atom. The molecule has 1 unspecified atom stereocenters. The van der Waals surface area contributed by atoms with E-state index in [4.69, 9.17) is 5.26 Å². The summed E-state index contributed by atoms with van der Waals surface area (Å²) in [4.78, 5) is 3.97. The fourth-order valence-corrected chi connectivity index (χ4v) is 0.858. The van der Waals surface area contributed by atoms with E-state index in [1.807, 2.05) is 18.5 Å². The van der Waals surface area contributed by atoms with Gasteiger partial charge in [-0.2, -0.15) is 5.26 Å². The van der Waals surface area contributed by atoms with Crippen LogP contribution in [0.3, 0.4) is 0 Å². The molecule has 0 amide bonds. The number of hydrogen-bond acceptors (Lipinski definition) is 3. The number of nitriles is 1. The molecule has 0 spiro atoms. The van der Waals surface area contributed by atoms with E-state index in [1.165, 1.54) is 0 Å². The first-order valence-corrected chi connectivity index (χ1v) is 3.82. The van der Waals surface area contributed by atoms with Crippen LogP contribution in [0.1, 0.15) is 12.6 Å². The molecular weight excluding hydrogens is 152 g/mol. The topological polar surface area (TPSA) is 53.6 Å². The molecule has 0 bridgehead atoms. The predicted molar refractivity (Wildman–Crippen MR) is 45.1 cm³/mol. The molecule has 0 fully saturated rings. The molecular formula is C8H12N4. The SMILES string of the molecule is CC(C#N)NCc1cncn1C. The van der Waals surface area contributed by atoms with Gasteiger partial charge in [0.25, 0.3) is 0 Å². The number of rotatable bonds is 3. The monoisotopic (exact) mass is 164 g/mol. The summed E-state index contributed by atoms with van der Waals surface area (Å²) in [5.74, 6) is 0. The summed E-state index contributed by atoms with van der Waals surface area (Å²) in [5, 5.41) is 11.6. The van der Waals surface area contributed by atoms with Crippen LogP contribution >= 0.6 is 0 Å². The normalized spacial score (nSPS) is 12.4. The van der Waals surface area contributed by atoms with E-state index in [0.717, 1.165) is 5.69 Å². The van der Waals surface area contributed by atoms with Gasteiger partial charge in [-0.15, -0.1) is 0 Å². The van der Waals surface area contributed by atoms with E-state index in [0.29, 0.717) is 6.54 Å². The fraction of sp³-hybridized carbons (Fsp3) is 0.500. The second kappa shape index (κ2) is 3.88. The minimum Gasteiger partial charge on any atom is -0.337 e. The molecule has 1 rings (SSSR count). The van der Waals surface area contributed by atoms with Crippen molar-refractivity contribution in [2.24, 2.45) is 7.05 Å². The molecule has 12 heavy (non-hydrogen) atoms. The summed E-state index contributed by atoms with van der Waals surface area (Å²) in [6.07, 6.45) is 3.53. The largest absolute Gasteiger partial charge is 0.337 e. The van der Waals surface area contributed by atoms with Gasteiger partial charge < -0.3 is 4.57 Å². The fourth-order valence-electron chi connectivity index (χ4n) is 0.858. The van der Waals surface area contributed by atoms with Crippen LogP contribution in [0.5, 0.6) is 0 Å². The van der Waals surface area contributed by atoms with Crippen LogP contribution in [0.2, 0.25) is 0 Å². The Bertz CT molecular complexity index is 283. The van der Waals surface area contributed by atoms with Crippen LogP contribution in [-0.4, -0.2) is 15.6 Å². The second-order valence-corrected chi connectivity index (χ2v) is 2.73. The minimum atomic E-state index is -0.111. The standard InChI is InChI=1S/C8H12N4/c1-7(3-9)11-5-8-4-10-6-12(8)2/h4,6-7,11H,5H2,1-2H3. The first kappa shape index (κ1) is 8.75. The molecule has 1 N–H and O–H groups in total. The first-order chi connectivity index (χ1) is 5.74. The van der Waals surface area contributed by atoms with Crippen molar-refractivity contribution in [1.82, 2.24) is 14.9 Å². The van der Waals surface area contributed by atoms with E-state index in [2.05, 4.69) is 16.4 Å². The van der Waals surface area contributed by atoms with Gasteiger partial charge in [0.1, 0.15) is 0 Å². The zero-order valence-corrected chi connectivity index (χ0v) is 7.28. The van der Waals surface area contributed by atoms with E-state index in [1.54, 1.807) is 12.5 Å². The van der Waals surface area contributed by atoms with Gasteiger partial charge >= 0.3 is 0 Å². The summed E-state index contributed by atoms with van der Waals surface area (Å²) in [5.41, 5.74) is 1.08. The molecule has 0 aromatic carbocycles. The molecule has 0 saturated carbocycles. The van der Waals surface area contributed by atoms with Gasteiger partial charge in [-0.3, -0.25) is 5.32 Å². The number of aromatic nitrogens is 2. The number of nitrogens with zero attached hydrogens (tertiary/aromatic N) is 3. The van der Waals surface area contributed by atoms with Crippen molar-refractivity contribution in [3.05, 3.63) is 18.2 Å². The maximum Gasteiger partial charge on any atom is 0.0945 e. The number of imidazole rings is 1. The Morgan fingerprint density at radius 1 is 1.83 bits per heavy atom. The molecule has 1 heterocycles. The van der Waals surface area contributed by atoms with Crippen molar-refractivity contribution in [3.8, 4) is 6.07 Å². The third-order valence-electron chi connectivity index (χ3n) is 1.70. The summed E-state index contributed by atoms with van der Waals surface area (Å²) in [6, 6.07) is 1.99. The van der Waals surface area contributed by atoms with Crippen molar-refractivity contribution >= 4 is 0 Å². The summed E-state index contributed by atoms with van der Waals surface area (Å²) in [7, 11) is 1.93. The average Bonchev–Trinajstić information content (AvgIpc) is 2.47. The lowest BCUT2D eigenvalue weighted by Gasteiger charge is -2.05. The van der Waals surface area contributed by atoms with Gasteiger partial charge in [-0.25, -0.2) is 4.98 Å². The molecule has 0 saturated heterocycles. The first-order valence-electron chi connectivity index (χ1n) is 3.82. The Labute approximate surface area is 71.8 Å². The molecule has 0 aliphatic rings. The van der Waals surface area contributed by atoms with Crippen LogP contribution in [0, 0.1) is 11.3 Å². The van der Waals surface area contributed by atoms with Crippen LogP contribution in [0.4, 0.5) is 0 Å². The summed E-state index contributed by atoms with van der Waals surface area (Å²) in [6.45, 7) is 2.52. The van der Waals surface area contributed by atoms with Crippen LogP contribution in [0.25, 0.3) is 0 Å². The molecule has 4 nitrogen and oxygen atoms in total. The lowest BCUT2D eigenvalue weighted by atomic mass is 10.3. The Balaban J connectivity index is 2.44. The number of nitrogens with one attached hydrogen (secondary N) is 1. The number of aryl methyl sites for hydroxylation is 1. The van der Waals surface area contributed by atoms with Crippen molar-refractivity contribution in [2.75, 3.05) is 0 Å². The zero-order chi connectivity index (χ0) is 8.97. The van der Waals surface area contributed by atoms with Crippen molar-refractivity contribution in [3.63, 3.8) is 0 Å². The highest BCUT2D eigenvalue weighted by Crippen LogP contribution is 1.95. The van der Waals surface area contributed by atoms with Crippen molar-refractivity contribution in [2.45, 2.75) is 19.5 Å². The van der Waals surface area contributed by atoms with Gasteiger partial charge in [0, 0.05) is 19.8 Å². The highest BCUT2D eigenvalue weighted by atomic mass is 15.0. The van der Waals surface area contributed by atoms with Crippen molar-refractivity contribution < 1.29 is 0 Å². The van der Waals surface area contributed by atoms with Gasteiger partial charge in [0.2, 0.25) is 0 Å². The van der Waals surface area contributed by atoms with E-state index in [-0.39, 0.29) is 6.04 Å². The third kappa shape index (κ3) is 2.07. The highest BCUT2D eigenvalue weighted by Gasteiger charge is 2.00.